The van der Waals surface area contributed by atoms with Crippen LogP contribution in [0.3, 0.4) is 0 Å². The molecule has 0 N–H and O–H groups in total. The highest BCUT2D eigenvalue weighted by atomic mass is 79.9. The normalized spacial score (nSPS) is 24.8. The van der Waals surface area contributed by atoms with Crippen molar-refractivity contribution in [1.82, 2.24) is 19.6 Å². The number of hydrogen-bond donors (Lipinski definition) is 0. The summed E-state index contributed by atoms with van der Waals surface area (Å²) >= 11 is 3.74. The van der Waals surface area contributed by atoms with Crippen LogP contribution in [-0.2, 0) is 20.0 Å². The van der Waals surface area contributed by atoms with Gasteiger partial charge in [0.1, 0.15) is 0 Å². The van der Waals surface area contributed by atoms with Crippen LogP contribution in [-0.4, -0.2) is 51.8 Å². The van der Waals surface area contributed by atoms with Gasteiger partial charge in [0.2, 0.25) is 0 Å². The van der Waals surface area contributed by atoms with Crippen LogP contribution in [0.15, 0.2) is 4.47 Å². The lowest BCUT2D eigenvalue weighted by Gasteiger charge is -2.32. The fourth-order valence-electron chi connectivity index (χ4n) is 3.74. The molecular weight excluding hydrogens is 328 g/mol. The highest BCUT2D eigenvalue weighted by molar-refractivity contribution is 9.10. The van der Waals surface area contributed by atoms with Crippen molar-refractivity contribution < 1.29 is 0 Å². The Kier molecular flexibility index (Phi) is 5.02. The number of halogens is 1. The van der Waals surface area contributed by atoms with Crippen LogP contribution in [0.5, 0.6) is 0 Å². The van der Waals surface area contributed by atoms with E-state index in [1.807, 2.05) is 0 Å². The maximum Gasteiger partial charge on any atom is 0.0767 e. The third-order valence-electron chi connectivity index (χ3n) is 5.03. The molecule has 0 amide bonds. The molecule has 118 valence electrons. The maximum atomic E-state index is 4.61. The molecule has 1 atom stereocenters. The van der Waals surface area contributed by atoms with Crippen LogP contribution in [0.1, 0.15) is 44.0 Å². The second kappa shape index (κ2) is 6.80. The lowest BCUT2D eigenvalue weighted by molar-refractivity contribution is 0.160. The summed E-state index contributed by atoms with van der Waals surface area (Å²) in [6.45, 7) is 8.26. The predicted molar refractivity (Wildman–Crippen MR) is 89.4 cm³/mol. The van der Waals surface area contributed by atoms with Crippen molar-refractivity contribution in [2.24, 2.45) is 7.05 Å². The van der Waals surface area contributed by atoms with Gasteiger partial charge < -0.3 is 0 Å². The summed E-state index contributed by atoms with van der Waals surface area (Å²) in [5, 5.41) is 4.61. The molecule has 1 aromatic heterocycles. The summed E-state index contributed by atoms with van der Waals surface area (Å²) in [5.74, 6) is 0. The summed E-state index contributed by atoms with van der Waals surface area (Å²) in [6.07, 6.45) is 6.53. The van der Waals surface area contributed by atoms with E-state index in [0.29, 0.717) is 0 Å². The van der Waals surface area contributed by atoms with Gasteiger partial charge in [0.05, 0.1) is 15.9 Å². The first-order valence-corrected chi connectivity index (χ1v) is 9.15. The first-order chi connectivity index (χ1) is 10.2. The highest BCUT2D eigenvalue weighted by Gasteiger charge is 2.29. The van der Waals surface area contributed by atoms with Crippen molar-refractivity contribution in [2.75, 3.05) is 26.2 Å². The van der Waals surface area contributed by atoms with Crippen LogP contribution in [0.2, 0.25) is 0 Å². The largest absolute Gasteiger partial charge is 0.299 e. The van der Waals surface area contributed by atoms with Crippen molar-refractivity contribution in [2.45, 2.75) is 51.6 Å². The Morgan fingerprint density at radius 3 is 2.62 bits per heavy atom. The molecule has 0 spiro atoms. The van der Waals surface area contributed by atoms with E-state index in [4.69, 9.17) is 0 Å². The standard InChI is InChI=1S/C16H27BrN4/c1-3-14-16(17)15(19(2)18-14)12-20-10-7-13(11-20)21-8-5-4-6-9-21/h13H,3-12H2,1-2H3. The molecule has 0 saturated carbocycles. The highest BCUT2D eigenvalue weighted by Crippen LogP contribution is 2.26. The Balaban J connectivity index is 1.60. The van der Waals surface area contributed by atoms with Gasteiger partial charge in [0.25, 0.3) is 0 Å². The molecule has 4 nitrogen and oxygen atoms in total. The monoisotopic (exact) mass is 354 g/mol. The van der Waals surface area contributed by atoms with E-state index in [0.717, 1.165) is 19.0 Å². The molecule has 2 aliphatic heterocycles. The summed E-state index contributed by atoms with van der Waals surface area (Å²) in [4.78, 5) is 5.32. The minimum Gasteiger partial charge on any atom is -0.299 e. The van der Waals surface area contributed by atoms with E-state index in [-0.39, 0.29) is 0 Å². The van der Waals surface area contributed by atoms with Gasteiger partial charge in [-0.25, -0.2) is 0 Å². The molecule has 1 aromatic rings. The van der Waals surface area contributed by atoms with Crippen molar-refractivity contribution in [3.63, 3.8) is 0 Å². The van der Waals surface area contributed by atoms with Crippen LogP contribution in [0.25, 0.3) is 0 Å². The molecule has 2 saturated heterocycles. The number of rotatable bonds is 4. The van der Waals surface area contributed by atoms with Gasteiger partial charge in [-0.3, -0.25) is 14.5 Å². The van der Waals surface area contributed by atoms with Gasteiger partial charge in [-0.1, -0.05) is 13.3 Å². The topological polar surface area (TPSA) is 24.3 Å². The first kappa shape index (κ1) is 15.5. The zero-order valence-electron chi connectivity index (χ0n) is 13.3. The Labute approximate surface area is 136 Å². The molecule has 0 radical (unpaired) electrons. The fraction of sp³-hybridized carbons (Fsp3) is 0.812. The second-order valence-electron chi connectivity index (χ2n) is 6.46. The molecule has 21 heavy (non-hydrogen) atoms. The zero-order valence-corrected chi connectivity index (χ0v) is 14.9. The smallest absolute Gasteiger partial charge is 0.0767 e. The quantitative estimate of drug-likeness (QED) is 0.830. The molecule has 2 aliphatic rings. The van der Waals surface area contributed by atoms with Gasteiger partial charge in [-0.15, -0.1) is 0 Å². The van der Waals surface area contributed by atoms with Gasteiger partial charge in [-0.2, -0.15) is 5.10 Å². The molecule has 1 unspecified atom stereocenters. The van der Waals surface area contributed by atoms with Gasteiger partial charge in [0, 0.05) is 32.7 Å². The Morgan fingerprint density at radius 2 is 1.95 bits per heavy atom. The van der Waals surface area contributed by atoms with E-state index < -0.39 is 0 Å². The average molecular weight is 355 g/mol. The molecule has 3 heterocycles. The van der Waals surface area contributed by atoms with E-state index in [1.54, 1.807) is 0 Å². The summed E-state index contributed by atoms with van der Waals surface area (Å²) in [7, 11) is 2.07. The van der Waals surface area contributed by atoms with Crippen LogP contribution in [0, 0.1) is 0 Å². The molecular formula is C16H27BrN4. The maximum absolute atomic E-state index is 4.61. The van der Waals surface area contributed by atoms with Crippen LogP contribution >= 0.6 is 15.9 Å². The molecule has 5 heteroatoms. The number of aryl methyl sites for hydroxylation is 2. The third-order valence-corrected chi connectivity index (χ3v) is 5.95. The summed E-state index contributed by atoms with van der Waals surface area (Å²) < 4.78 is 3.27. The number of likely N-dealkylation sites (tertiary alicyclic amines) is 2. The molecule has 0 aliphatic carbocycles. The van der Waals surface area contributed by atoms with Crippen molar-refractivity contribution in [3.8, 4) is 0 Å². The second-order valence-corrected chi connectivity index (χ2v) is 7.25. The van der Waals surface area contributed by atoms with Gasteiger partial charge >= 0.3 is 0 Å². The number of aromatic nitrogens is 2. The van der Waals surface area contributed by atoms with E-state index in [1.165, 1.54) is 67.7 Å². The SMILES string of the molecule is CCc1nn(C)c(CN2CCC(N3CCCCC3)C2)c1Br. The predicted octanol–water partition coefficient (Wildman–Crippen LogP) is 2.81. The lowest BCUT2D eigenvalue weighted by atomic mass is 10.1. The molecule has 3 rings (SSSR count). The molecule has 2 fully saturated rings. The summed E-state index contributed by atoms with van der Waals surface area (Å²) in [5.41, 5.74) is 2.51. The van der Waals surface area contributed by atoms with Crippen LogP contribution in [0.4, 0.5) is 0 Å². The number of piperidine rings is 1. The summed E-state index contributed by atoms with van der Waals surface area (Å²) in [6, 6.07) is 0.781. The van der Waals surface area contributed by atoms with Crippen molar-refractivity contribution in [3.05, 3.63) is 15.9 Å². The Bertz CT molecular complexity index is 479. The van der Waals surface area contributed by atoms with Crippen molar-refractivity contribution in [1.29, 1.82) is 0 Å². The lowest BCUT2D eigenvalue weighted by Crippen LogP contribution is -2.40. The zero-order chi connectivity index (χ0) is 14.8. The third kappa shape index (κ3) is 3.35. The van der Waals surface area contributed by atoms with Gasteiger partial charge in [0.15, 0.2) is 0 Å². The minimum absolute atomic E-state index is 0.781. The average Bonchev–Trinajstić information content (AvgIpc) is 3.08. The number of hydrogen-bond acceptors (Lipinski definition) is 3. The molecule has 0 bridgehead atoms. The van der Waals surface area contributed by atoms with Crippen molar-refractivity contribution >= 4 is 15.9 Å². The first-order valence-electron chi connectivity index (χ1n) is 8.35. The number of nitrogens with zero attached hydrogens (tertiary/aromatic N) is 4. The minimum atomic E-state index is 0.781. The Hall–Kier alpha value is -0.390. The van der Waals surface area contributed by atoms with Crippen LogP contribution < -0.4 is 0 Å². The Morgan fingerprint density at radius 1 is 1.19 bits per heavy atom. The molecule has 0 aromatic carbocycles. The van der Waals surface area contributed by atoms with E-state index in [2.05, 4.69) is 49.5 Å². The van der Waals surface area contributed by atoms with Gasteiger partial charge in [-0.05, 0) is 54.7 Å². The fourth-order valence-corrected chi connectivity index (χ4v) is 4.48. The van der Waals surface area contributed by atoms with E-state index in [9.17, 15) is 0 Å². The van der Waals surface area contributed by atoms with E-state index >= 15 is 0 Å².